The molecule has 3 heterocycles. The summed E-state index contributed by atoms with van der Waals surface area (Å²) in [5.74, 6) is 1.13. The minimum absolute atomic E-state index is 0.132. The molecule has 1 atom stereocenters. The first-order valence-corrected chi connectivity index (χ1v) is 14.8. The van der Waals surface area contributed by atoms with E-state index in [0.29, 0.717) is 43.5 Å². The average molecular weight is 685 g/mol. The fraction of sp³-hybridized carbons (Fsp3) is 0.233. The molecule has 0 saturated carbocycles. The number of benzene rings is 2. The zero-order valence-electron chi connectivity index (χ0n) is 24.2. The summed E-state index contributed by atoms with van der Waals surface area (Å²) >= 11 is 4.69. The molecular formula is C30H26BrN3O9S. The quantitative estimate of drug-likeness (QED) is 0.139. The lowest BCUT2D eigenvalue weighted by Crippen LogP contribution is -2.40. The van der Waals surface area contributed by atoms with Gasteiger partial charge in [-0.25, -0.2) is 9.79 Å². The third-order valence-corrected chi connectivity index (χ3v) is 8.55. The Morgan fingerprint density at radius 1 is 1.14 bits per heavy atom. The van der Waals surface area contributed by atoms with E-state index in [1.54, 1.807) is 44.2 Å². The first-order chi connectivity index (χ1) is 21.1. The maximum absolute atomic E-state index is 14.0. The molecule has 1 unspecified atom stereocenters. The summed E-state index contributed by atoms with van der Waals surface area (Å²) in [7, 11) is 4.42. The molecule has 0 spiro atoms. The average Bonchev–Trinajstić information content (AvgIpc) is 3.59. The second-order valence-electron chi connectivity index (χ2n) is 9.37. The number of carbonyl (C=O) groups is 1. The smallest absolute Gasteiger partial charge is 0.338 e. The van der Waals surface area contributed by atoms with Crippen molar-refractivity contribution in [2.45, 2.75) is 19.9 Å². The molecule has 2 aromatic heterocycles. The van der Waals surface area contributed by atoms with E-state index in [0.717, 1.165) is 11.3 Å². The first-order valence-electron chi connectivity index (χ1n) is 13.2. The van der Waals surface area contributed by atoms with Gasteiger partial charge in [0, 0.05) is 10.5 Å². The lowest BCUT2D eigenvalue weighted by atomic mass is 9.95. The Morgan fingerprint density at radius 2 is 1.86 bits per heavy atom. The number of thiazole rings is 1. The first kappa shape index (κ1) is 30.8. The van der Waals surface area contributed by atoms with Crippen LogP contribution in [0, 0.1) is 10.1 Å². The fourth-order valence-electron chi connectivity index (χ4n) is 4.87. The van der Waals surface area contributed by atoms with Crippen LogP contribution in [0.2, 0.25) is 0 Å². The molecule has 2 aromatic carbocycles. The third-order valence-electron chi connectivity index (χ3n) is 6.88. The second kappa shape index (κ2) is 12.5. The molecule has 0 amide bonds. The Hall–Kier alpha value is -4.69. The summed E-state index contributed by atoms with van der Waals surface area (Å²) in [6, 6.07) is 10.1. The molecular weight excluding hydrogens is 658 g/mol. The molecule has 0 saturated heterocycles. The molecule has 0 fully saturated rings. The van der Waals surface area contributed by atoms with Gasteiger partial charge in [-0.15, -0.1) is 0 Å². The standard InChI is InChI=1S/C30H26BrN3O9S/c1-6-42-29(36)26-15(2)32-30-33(27(26)19-13-23(40-4)24(41-5)14-20(19)31)28(35)25(44-30)12-17-8-10-22(43-17)18-9-7-16(39-3)11-21(18)34(37)38/h7-14,27H,6H2,1-5H3/b25-12-. The number of nitro groups is 1. The van der Waals surface area contributed by atoms with Crippen LogP contribution in [0.25, 0.3) is 17.4 Å². The van der Waals surface area contributed by atoms with Crippen LogP contribution in [-0.2, 0) is 9.53 Å². The molecule has 4 aromatic rings. The number of hydrogen-bond donors (Lipinski definition) is 0. The Kier molecular flexibility index (Phi) is 8.74. The van der Waals surface area contributed by atoms with E-state index in [9.17, 15) is 19.7 Å². The molecule has 0 bridgehead atoms. The van der Waals surface area contributed by atoms with Gasteiger partial charge >= 0.3 is 5.97 Å². The van der Waals surface area contributed by atoms with Crippen molar-refractivity contribution < 1.29 is 33.1 Å². The van der Waals surface area contributed by atoms with E-state index in [1.165, 1.54) is 44.1 Å². The number of fused-ring (bicyclic) bond motifs is 1. The highest BCUT2D eigenvalue weighted by Crippen LogP contribution is 2.41. The highest BCUT2D eigenvalue weighted by molar-refractivity contribution is 9.10. The summed E-state index contributed by atoms with van der Waals surface area (Å²) in [6.07, 6.45) is 1.53. The number of carbonyl (C=O) groups excluding carboxylic acids is 1. The van der Waals surface area contributed by atoms with Gasteiger partial charge in [0.2, 0.25) is 0 Å². The van der Waals surface area contributed by atoms with Crippen molar-refractivity contribution in [2.75, 3.05) is 27.9 Å². The Bertz CT molecular complexity index is 2010. The highest BCUT2D eigenvalue weighted by atomic mass is 79.9. The van der Waals surface area contributed by atoms with Crippen molar-refractivity contribution in [1.29, 1.82) is 0 Å². The topological polar surface area (TPSA) is 145 Å². The number of nitro benzene ring substituents is 1. The maximum Gasteiger partial charge on any atom is 0.338 e. The zero-order valence-corrected chi connectivity index (χ0v) is 26.6. The van der Waals surface area contributed by atoms with Crippen LogP contribution < -0.4 is 29.1 Å². The van der Waals surface area contributed by atoms with Gasteiger partial charge in [-0.3, -0.25) is 19.5 Å². The van der Waals surface area contributed by atoms with E-state index in [1.807, 2.05) is 0 Å². The molecule has 5 rings (SSSR count). The van der Waals surface area contributed by atoms with Crippen molar-refractivity contribution in [3.05, 3.63) is 99.3 Å². The number of esters is 1. The maximum atomic E-state index is 14.0. The number of allylic oxidation sites excluding steroid dienone is 1. The number of rotatable bonds is 9. The summed E-state index contributed by atoms with van der Waals surface area (Å²) in [6.45, 7) is 3.52. The molecule has 14 heteroatoms. The van der Waals surface area contributed by atoms with Crippen molar-refractivity contribution >= 4 is 45.0 Å². The van der Waals surface area contributed by atoms with Crippen molar-refractivity contribution in [3.8, 4) is 28.6 Å². The van der Waals surface area contributed by atoms with Gasteiger partial charge in [-0.05, 0) is 55.8 Å². The number of ether oxygens (including phenoxy) is 4. The SMILES string of the molecule is CCOC(=O)C1=C(C)N=c2s/c(=C\c3ccc(-c4ccc(OC)cc4[N+](=O)[O-])o3)c(=O)n2C1c1cc(OC)c(OC)cc1Br. The van der Waals surface area contributed by atoms with Crippen LogP contribution in [0.3, 0.4) is 0 Å². The largest absolute Gasteiger partial charge is 0.497 e. The Morgan fingerprint density at radius 3 is 2.52 bits per heavy atom. The monoisotopic (exact) mass is 683 g/mol. The lowest BCUT2D eigenvalue weighted by Gasteiger charge is -2.26. The molecule has 0 radical (unpaired) electrons. The van der Waals surface area contributed by atoms with Crippen molar-refractivity contribution in [2.24, 2.45) is 4.99 Å². The molecule has 228 valence electrons. The molecule has 1 aliphatic heterocycles. The Labute approximate surface area is 262 Å². The van der Waals surface area contributed by atoms with E-state index in [2.05, 4.69) is 20.9 Å². The molecule has 0 N–H and O–H groups in total. The van der Waals surface area contributed by atoms with E-state index >= 15 is 0 Å². The van der Waals surface area contributed by atoms with Crippen LogP contribution in [0.4, 0.5) is 5.69 Å². The fourth-order valence-corrected chi connectivity index (χ4v) is 6.43. The van der Waals surface area contributed by atoms with Gasteiger partial charge in [0.25, 0.3) is 11.2 Å². The van der Waals surface area contributed by atoms with Gasteiger partial charge in [0.05, 0.1) is 66.3 Å². The lowest BCUT2D eigenvalue weighted by molar-refractivity contribution is -0.384. The second-order valence-corrected chi connectivity index (χ2v) is 11.2. The van der Waals surface area contributed by atoms with Crippen LogP contribution in [0.5, 0.6) is 17.2 Å². The minimum Gasteiger partial charge on any atom is -0.497 e. The van der Waals surface area contributed by atoms with Crippen molar-refractivity contribution in [3.63, 3.8) is 0 Å². The van der Waals surface area contributed by atoms with Crippen LogP contribution in [0.1, 0.15) is 31.2 Å². The number of hydrogen-bond acceptors (Lipinski definition) is 11. The van der Waals surface area contributed by atoms with E-state index in [4.69, 9.17) is 23.4 Å². The van der Waals surface area contributed by atoms with Crippen LogP contribution in [-0.4, -0.2) is 43.4 Å². The van der Waals surface area contributed by atoms with E-state index < -0.39 is 22.5 Å². The van der Waals surface area contributed by atoms with Gasteiger partial charge in [-0.1, -0.05) is 27.3 Å². The molecule has 12 nitrogen and oxygen atoms in total. The number of aromatic nitrogens is 1. The summed E-state index contributed by atoms with van der Waals surface area (Å²) < 4.78 is 29.6. The van der Waals surface area contributed by atoms with E-state index in [-0.39, 0.29) is 33.7 Å². The summed E-state index contributed by atoms with van der Waals surface area (Å²) in [5, 5.41) is 11.7. The normalized spacial score (nSPS) is 14.6. The van der Waals surface area contributed by atoms with Gasteiger partial charge < -0.3 is 23.4 Å². The van der Waals surface area contributed by atoms with Gasteiger partial charge in [-0.2, -0.15) is 0 Å². The minimum atomic E-state index is -0.907. The summed E-state index contributed by atoms with van der Waals surface area (Å²) in [5.41, 5.74) is 0.792. The van der Waals surface area contributed by atoms with Crippen molar-refractivity contribution in [1.82, 2.24) is 4.57 Å². The highest BCUT2D eigenvalue weighted by Gasteiger charge is 2.35. The van der Waals surface area contributed by atoms with Crippen LogP contribution >= 0.6 is 27.3 Å². The zero-order chi connectivity index (χ0) is 31.7. The van der Waals surface area contributed by atoms with Crippen LogP contribution in [0.15, 0.2) is 72.4 Å². The predicted molar refractivity (Wildman–Crippen MR) is 165 cm³/mol. The number of methoxy groups -OCH3 is 3. The Balaban J connectivity index is 1.67. The number of furan rings is 1. The summed E-state index contributed by atoms with van der Waals surface area (Å²) in [4.78, 5) is 43.4. The molecule has 0 aliphatic carbocycles. The van der Waals surface area contributed by atoms with Gasteiger partial charge in [0.1, 0.15) is 17.3 Å². The number of nitrogens with zero attached hydrogens (tertiary/aromatic N) is 3. The number of halogens is 1. The third kappa shape index (κ3) is 5.53. The molecule has 1 aliphatic rings. The molecule has 44 heavy (non-hydrogen) atoms. The predicted octanol–water partition coefficient (Wildman–Crippen LogP) is 4.75. The van der Waals surface area contributed by atoms with Gasteiger partial charge in [0.15, 0.2) is 16.3 Å².